The summed E-state index contributed by atoms with van der Waals surface area (Å²) in [5.41, 5.74) is 5.02. The van der Waals surface area contributed by atoms with Crippen molar-refractivity contribution in [2.75, 3.05) is 18.5 Å². The number of nitrogens with one attached hydrogen (secondary N) is 2. The number of aryl methyl sites for hydroxylation is 1. The van der Waals surface area contributed by atoms with Gasteiger partial charge in [0.05, 0.1) is 24.4 Å². The average Bonchev–Trinajstić information content (AvgIpc) is 2.59. The molecule has 0 radical (unpaired) electrons. The molecule has 6 nitrogen and oxygen atoms in total. The van der Waals surface area contributed by atoms with Crippen LogP contribution in [-0.4, -0.2) is 30.4 Å². The van der Waals surface area contributed by atoms with Gasteiger partial charge in [0.2, 0.25) is 0 Å². The molecular weight excluding hydrogens is 342 g/mol. The van der Waals surface area contributed by atoms with Crippen molar-refractivity contribution >= 4 is 29.4 Å². The Labute approximate surface area is 151 Å². The van der Waals surface area contributed by atoms with E-state index in [4.69, 9.17) is 16.3 Å². The van der Waals surface area contributed by atoms with Crippen LogP contribution in [0.2, 0.25) is 5.02 Å². The maximum atomic E-state index is 11.8. The van der Waals surface area contributed by atoms with Crippen molar-refractivity contribution in [1.29, 1.82) is 0 Å². The summed E-state index contributed by atoms with van der Waals surface area (Å²) in [6.07, 6.45) is 1.43. The molecule has 0 unspecified atom stereocenters. The molecule has 0 saturated heterocycles. The van der Waals surface area contributed by atoms with Crippen LogP contribution in [0.5, 0.6) is 11.5 Å². The van der Waals surface area contributed by atoms with Gasteiger partial charge in [0.25, 0.3) is 5.91 Å². The second kappa shape index (κ2) is 8.94. The number of aromatic hydroxyl groups is 1. The van der Waals surface area contributed by atoms with Crippen LogP contribution in [0.3, 0.4) is 0 Å². The number of hydrogen-bond donors (Lipinski definition) is 3. The van der Waals surface area contributed by atoms with Crippen molar-refractivity contribution in [2.45, 2.75) is 13.8 Å². The Morgan fingerprint density at radius 3 is 2.72 bits per heavy atom. The van der Waals surface area contributed by atoms with Crippen LogP contribution in [-0.2, 0) is 4.79 Å². The lowest BCUT2D eigenvalue weighted by Crippen LogP contribution is -2.25. The molecular formula is C18H20ClN3O3. The number of carbonyl (C=O) groups is 1. The van der Waals surface area contributed by atoms with E-state index in [1.54, 1.807) is 13.0 Å². The molecule has 0 bridgehead atoms. The summed E-state index contributed by atoms with van der Waals surface area (Å²) < 4.78 is 5.29. The molecule has 0 heterocycles. The summed E-state index contributed by atoms with van der Waals surface area (Å²) in [4.78, 5) is 11.8. The third-order valence-electron chi connectivity index (χ3n) is 3.26. The third kappa shape index (κ3) is 5.69. The smallest absolute Gasteiger partial charge is 0.259 e. The first-order chi connectivity index (χ1) is 12.0. The predicted octanol–water partition coefficient (Wildman–Crippen LogP) is 3.31. The fraction of sp³-hybridized carbons (Fsp3) is 0.222. The molecule has 0 aliphatic rings. The first kappa shape index (κ1) is 18.6. The van der Waals surface area contributed by atoms with Crippen molar-refractivity contribution in [3.05, 3.63) is 52.5 Å². The number of ether oxygens (including phenoxy) is 1. The highest BCUT2D eigenvalue weighted by atomic mass is 35.5. The molecule has 0 saturated carbocycles. The van der Waals surface area contributed by atoms with Crippen molar-refractivity contribution in [2.24, 2.45) is 5.10 Å². The number of halogens is 1. The van der Waals surface area contributed by atoms with E-state index in [0.717, 1.165) is 11.3 Å². The molecule has 0 aromatic heterocycles. The SMILES string of the molecule is CCOc1cc(C=NNC(=O)CNc2ccc(C)cc2)cc(Cl)c1O. The summed E-state index contributed by atoms with van der Waals surface area (Å²) in [6, 6.07) is 10.8. The summed E-state index contributed by atoms with van der Waals surface area (Å²) in [6.45, 7) is 4.29. The molecule has 7 heteroatoms. The van der Waals surface area contributed by atoms with Crippen LogP contribution in [0, 0.1) is 6.92 Å². The fourth-order valence-electron chi connectivity index (χ4n) is 2.01. The molecule has 25 heavy (non-hydrogen) atoms. The first-order valence-corrected chi connectivity index (χ1v) is 8.15. The summed E-state index contributed by atoms with van der Waals surface area (Å²) in [5, 5.41) is 16.8. The minimum Gasteiger partial charge on any atom is -0.503 e. The zero-order chi connectivity index (χ0) is 18.2. The Balaban J connectivity index is 1.89. The monoisotopic (exact) mass is 361 g/mol. The van der Waals surface area contributed by atoms with Gasteiger partial charge >= 0.3 is 0 Å². The Kier molecular flexibility index (Phi) is 6.65. The molecule has 2 rings (SSSR count). The van der Waals surface area contributed by atoms with Gasteiger partial charge in [0, 0.05) is 5.69 Å². The van der Waals surface area contributed by atoms with Crippen LogP contribution in [0.25, 0.3) is 0 Å². The van der Waals surface area contributed by atoms with Gasteiger partial charge in [-0.15, -0.1) is 0 Å². The van der Waals surface area contributed by atoms with Crippen molar-refractivity contribution in [3.63, 3.8) is 0 Å². The quantitative estimate of drug-likeness (QED) is 0.522. The Bertz CT molecular complexity index is 761. The van der Waals surface area contributed by atoms with E-state index in [9.17, 15) is 9.90 Å². The van der Waals surface area contributed by atoms with Crippen LogP contribution < -0.4 is 15.5 Å². The predicted molar refractivity (Wildman–Crippen MR) is 99.7 cm³/mol. The van der Waals surface area contributed by atoms with Gasteiger partial charge in [0.15, 0.2) is 11.5 Å². The van der Waals surface area contributed by atoms with Gasteiger partial charge in [-0.05, 0) is 43.7 Å². The van der Waals surface area contributed by atoms with Crippen LogP contribution in [0.15, 0.2) is 41.5 Å². The largest absolute Gasteiger partial charge is 0.503 e. The van der Waals surface area contributed by atoms with Gasteiger partial charge < -0.3 is 15.2 Å². The van der Waals surface area contributed by atoms with Crippen molar-refractivity contribution in [1.82, 2.24) is 5.43 Å². The van der Waals surface area contributed by atoms with E-state index in [1.807, 2.05) is 31.2 Å². The van der Waals surface area contributed by atoms with Crippen LogP contribution in [0.4, 0.5) is 5.69 Å². The second-order valence-corrected chi connectivity index (χ2v) is 5.70. The Morgan fingerprint density at radius 2 is 2.04 bits per heavy atom. The molecule has 132 valence electrons. The molecule has 2 aromatic carbocycles. The van der Waals surface area contributed by atoms with Crippen molar-refractivity contribution in [3.8, 4) is 11.5 Å². The van der Waals surface area contributed by atoms with E-state index in [0.29, 0.717) is 12.2 Å². The number of hydrazone groups is 1. The lowest BCUT2D eigenvalue weighted by molar-refractivity contribution is -0.119. The number of rotatable bonds is 7. The summed E-state index contributed by atoms with van der Waals surface area (Å²) in [7, 11) is 0. The third-order valence-corrected chi connectivity index (χ3v) is 3.55. The topological polar surface area (TPSA) is 83.0 Å². The number of phenols is 1. The normalized spacial score (nSPS) is 10.7. The van der Waals surface area contributed by atoms with Crippen LogP contribution >= 0.6 is 11.6 Å². The lowest BCUT2D eigenvalue weighted by atomic mass is 10.2. The lowest BCUT2D eigenvalue weighted by Gasteiger charge is -2.08. The maximum Gasteiger partial charge on any atom is 0.259 e. The first-order valence-electron chi connectivity index (χ1n) is 7.77. The number of amides is 1. The van der Waals surface area contributed by atoms with E-state index >= 15 is 0 Å². The maximum absolute atomic E-state index is 11.8. The van der Waals surface area contributed by atoms with Crippen molar-refractivity contribution < 1.29 is 14.6 Å². The molecule has 1 amide bonds. The zero-order valence-corrected chi connectivity index (χ0v) is 14.8. The molecule has 0 atom stereocenters. The minimum absolute atomic E-state index is 0.0981. The van der Waals surface area contributed by atoms with Crippen LogP contribution in [0.1, 0.15) is 18.1 Å². The number of anilines is 1. The van der Waals surface area contributed by atoms with Gasteiger partial charge in [-0.2, -0.15) is 5.10 Å². The molecule has 0 fully saturated rings. The van der Waals surface area contributed by atoms with E-state index in [1.165, 1.54) is 12.3 Å². The summed E-state index contributed by atoms with van der Waals surface area (Å²) in [5.74, 6) is -0.137. The number of phenolic OH excluding ortho intramolecular Hbond substituents is 1. The molecule has 0 spiro atoms. The molecule has 0 aliphatic carbocycles. The fourth-order valence-corrected chi connectivity index (χ4v) is 2.23. The van der Waals surface area contributed by atoms with Gasteiger partial charge in [0.1, 0.15) is 0 Å². The zero-order valence-electron chi connectivity index (χ0n) is 14.0. The number of hydrogen-bond acceptors (Lipinski definition) is 5. The summed E-state index contributed by atoms with van der Waals surface area (Å²) >= 11 is 5.94. The van der Waals surface area contributed by atoms with Gasteiger partial charge in [-0.25, -0.2) is 5.43 Å². The minimum atomic E-state index is -0.285. The molecule has 0 aliphatic heterocycles. The second-order valence-electron chi connectivity index (χ2n) is 5.30. The Morgan fingerprint density at radius 1 is 1.32 bits per heavy atom. The Hall–Kier alpha value is -2.73. The average molecular weight is 362 g/mol. The highest BCUT2D eigenvalue weighted by molar-refractivity contribution is 6.32. The number of nitrogens with zero attached hydrogens (tertiary/aromatic N) is 1. The van der Waals surface area contributed by atoms with E-state index in [2.05, 4.69) is 15.8 Å². The number of benzene rings is 2. The molecule has 3 N–H and O–H groups in total. The number of carbonyl (C=O) groups excluding carboxylic acids is 1. The highest BCUT2D eigenvalue weighted by Crippen LogP contribution is 2.34. The van der Waals surface area contributed by atoms with Gasteiger partial charge in [-0.1, -0.05) is 29.3 Å². The molecule has 2 aromatic rings. The van der Waals surface area contributed by atoms with E-state index in [-0.39, 0.29) is 29.0 Å². The van der Waals surface area contributed by atoms with E-state index < -0.39 is 0 Å². The van der Waals surface area contributed by atoms with Gasteiger partial charge in [-0.3, -0.25) is 4.79 Å². The standard InChI is InChI=1S/C18H20ClN3O3/c1-3-25-16-9-13(8-15(19)18(16)24)10-21-22-17(23)11-20-14-6-4-12(2)5-7-14/h4-10,20,24H,3,11H2,1-2H3,(H,22,23). The highest BCUT2D eigenvalue weighted by Gasteiger charge is 2.08.